The normalized spacial score (nSPS) is 16.0. The molecule has 2 N–H and O–H groups in total. The van der Waals surface area contributed by atoms with Crippen molar-refractivity contribution in [3.63, 3.8) is 0 Å². The van der Waals surface area contributed by atoms with Crippen molar-refractivity contribution >= 4 is 11.6 Å². The van der Waals surface area contributed by atoms with Crippen LogP contribution in [-0.2, 0) is 16.1 Å². The zero-order valence-corrected chi connectivity index (χ0v) is 12.9. The van der Waals surface area contributed by atoms with Crippen LogP contribution >= 0.6 is 0 Å². The molecule has 5 nitrogen and oxygen atoms in total. The first kappa shape index (κ1) is 15.8. The van der Waals surface area contributed by atoms with Gasteiger partial charge in [0.1, 0.15) is 6.04 Å². The Morgan fingerprint density at radius 2 is 2.05 bits per heavy atom. The molecule has 1 atom stereocenters. The van der Waals surface area contributed by atoms with Crippen LogP contribution in [0.2, 0.25) is 0 Å². The average Bonchev–Trinajstić information content (AvgIpc) is 3.01. The minimum Gasteiger partial charge on any atom is -0.383 e. The SMILES string of the molecule is COCC(N)C(=O)N(C)Cc1ccccc1N1CCCC1. The largest absolute Gasteiger partial charge is 0.383 e. The standard InChI is InChI=1S/C16H25N3O2/c1-18(16(20)14(17)12-21-2)11-13-7-3-4-8-15(13)19-9-5-6-10-19/h3-4,7-8,14H,5-6,9-12,17H2,1-2H3. The molecule has 116 valence electrons. The Bertz CT molecular complexity index is 472. The van der Waals surface area contributed by atoms with Crippen molar-refractivity contribution in [2.45, 2.75) is 25.4 Å². The van der Waals surface area contributed by atoms with Crippen molar-refractivity contribution in [3.05, 3.63) is 29.8 Å². The number of hydrogen-bond acceptors (Lipinski definition) is 4. The van der Waals surface area contributed by atoms with Gasteiger partial charge >= 0.3 is 0 Å². The maximum Gasteiger partial charge on any atom is 0.241 e. The van der Waals surface area contributed by atoms with Gasteiger partial charge in [-0.3, -0.25) is 4.79 Å². The molecule has 0 aliphatic carbocycles. The molecule has 1 aromatic rings. The van der Waals surface area contributed by atoms with Crippen LogP contribution in [0.3, 0.4) is 0 Å². The number of para-hydroxylation sites is 1. The quantitative estimate of drug-likeness (QED) is 0.856. The van der Waals surface area contributed by atoms with Gasteiger partial charge in [0.25, 0.3) is 0 Å². The molecule has 0 aromatic heterocycles. The van der Waals surface area contributed by atoms with Crippen molar-refractivity contribution in [3.8, 4) is 0 Å². The lowest BCUT2D eigenvalue weighted by Gasteiger charge is -2.25. The van der Waals surface area contributed by atoms with E-state index in [1.807, 2.05) is 6.07 Å². The first-order chi connectivity index (χ1) is 10.1. The summed E-state index contributed by atoms with van der Waals surface area (Å²) in [7, 11) is 3.34. The third-order valence-electron chi connectivity index (χ3n) is 3.89. The highest BCUT2D eigenvalue weighted by molar-refractivity contribution is 5.81. The van der Waals surface area contributed by atoms with Crippen LogP contribution in [-0.4, -0.2) is 50.7 Å². The van der Waals surface area contributed by atoms with Gasteiger partial charge in [-0.2, -0.15) is 0 Å². The molecule has 1 aromatic carbocycles. The third kappa shape index (κ3) is 3.95. The number of carbonyl (C=O) groups is 1. The first-order valence-electron chi connectivity index (χ1n) is 7.46. The summed E-state index contributed by atoms with van der Waals surface area (Å²) in [6.45, 7) is 3.01. The molecule has 1 amide bonds. The second-order valence-corrected chi connectivity index (χ2v) is 5.58. The van der Waals surface area contributed by atoms with Crippen molar-refractivity contribution in [2.24, 2.45) is 5.73 Å². The van der Waals surface area contributed by atoms with Crippen LogP contribution in [0.25, 0.3) is 0 Å². The number of likely N-dealkylation sites (N-methyl/N-ethyl adjacent to an activating group) is 1. The van der Waals surface area contributed by atoms with Crippen molar-refractivity contribution in [1.29, 1.82) is 0 Å². The molecule has 2 rings (SSSR count). The second-order valence-electron chi connectivity index (χ2n) is 5.58. The Kier molecular flexibility index (Phi) is 5.59. The van der Waals surface area contributed by atoms with Crippen LogP contribution in [0, 0.1) is 0 Å². The van der Waals surface area contributed by atoms with Gasteiger partial charge < -0.3 is 20.3 Å². The average molecular weight is 291 g/mol. The van der Waals surface area contributed by atoms with Crippen LogP contribution in [0.4, 0.5) is 5.69 Å². The van der Waals surface area contributed by atoms with E-state index < -0.39 is 6.04 Å². The van der Waals surface area contributed by atoms with Crippen LogP contribution in [0.1, 0.15) is 18.4 Å². The van der Waals surface area contributed by atoms with Gasteiger partial charge in [0.2, 0.25) is 5.91 Å². The number of methoxy groups -OCH3 is 1. The summed E-state index contributed by atoms with van der Waals surface area (Å²) in [6.07, 6.45) is 2.48. The van der Waals surface area contributed by atoms with Gasteiger partial charge in [0.05, 0.1) is 6.61 Å². The predicted octanol–water partition coefficient (Wildman–Crippen LogP) is 1.22. The summed E-state index contributed by atoms with van der Waals surface area (Å²) in [5.41, 5.74) is 8.21. The van der Waals surface area contributed by atoms with E-state index >= 15 is 0 Å². The number of amides is 1. The zero-order valence-electron chi connectivity index (χ0n) is 12.9. The molecule has 0 spiro atoms. The fraction of sp³-hybridized carbons (Fsp3) is 0.562. The molecule has 1 fully saturated rings. The number of rotatable bonds is 6. The molecule has 1 heterocycles. The van der Waals surface area contributed by atoms with Crippen LogP contribution in [0.15, 0.2) is 24.3 Å². The lowest BCUT2D eigenvalue weighted by atomic mass is 10.1. The summed E-state index contributed by atoms with van der Waals surface area (Å²) >= 11 is 0. The lowest BCUT2D eigenvalue weighted by molar-refractivity contribution is -0.132. The number of hydrogen-bond donors (Lipinski definition) is 1. The van der Waals surface area contributed by atoms with E-state index in [4.69, 9.17) is 10.5 Å². The molecule has 5 heteroatoms. The number of ether oxygens (including phenoxy) is 1. The van der Waals surface area contributed by atoms with E-state index in [2.05, 4.69) is 23.1 Å². The summed E-state index contributed by atoms with van der Waals surface area (Å²) in [6, 6.07) is 7.68. The highest BCUT2D eigenvalue weighted by Crippen LogP contribution is 2.25. The maximum absolute atomic E-state index is 12.2. The van der Waals surface area contributed by atoms with E-state index in [-0.39, 0.29) is 12.5 Å². The Balaban J connectivity index is 2.06. The molecule has 0 radical (unpaired) electrons. The van der Waals surface area contributed by atoms with E-state index in [9.17, 15) is 4.79 Å². The number of anilines is 1. The Labute approximate surface area is 126 Å². The summed E-state index contributed by atoms with van der Waals surface area (Å²) in [5.74, 6) is -0.0897. The van der Waals surface area contributed by atoms with Gasteiger partial charge in [-0.05, 0) is 24.5 Å². The highest BCUT2D eigenvalue weighted by atomic mass is 16.5. The Morgan fingerprint density at radius 3 is 2.71 bits per heavy atom. The lowest BCUT2D eigenvalue weighted by Crippen LogP contribution is -2.44. The van der Waals surface area contributed by atoms with Gasteiger partial charge in [0.15, 0.2) is 0 Å². The first-order valence-corrected chi connectivity index (χ1v) is 7.46. The molecule has 0 saturated carbocycles. The number of nitrogens with zero attached hydrogens (tertiary/aromatic N) is 2. The summed E-state index contributed by atoms with van der Waals surface area (Å²) in [5, 5.41) is 0. The molecule has 1 saturated heterocycles. The minimum absolute atomic E-state index is 0.0897. The highest BCUT2D eigenvalue weighted by Gasteiger charge is 2.20. The number of nitrogens with two attached hydrogens (primary N) is 1. The minimum atomic E-state index is -0.598. The van der Waals surface area contributed by atoms with E-state index in [0.29, 0.717) is 6.54 Å². The topological polar surface area (TPSA) is 58.8 Å². The second kappa shape index (κ2) is 7.43. The van der Waals surface area contributed by atoms with Crippen LogP contribution in [0.5, 0.6) is 0 Å². The van der Waals surface area contributed by atoms with E-state index in [1.165, 1.54) is 24.1 Å². The van der Waals surface area contributed by atoms with Gasteiger partial charge in [-0.25, -0.2) is 0 Å². The molecule has 1 aliphatic heterocycles. The zero-order chi connectivity index (χ0) is 15.2. The van der Waals surface area contributed by atoms with Gasteiger partial charge in [0, 0.05) is 39.5 Å². The number of benzene rings is 1. The Hall–Kier alpha value is -1.59. The number of carbonyl (C=O) groups excluding carboxylic acids is 1. The molecule has 0 bridgehead atoms. The van der Waals surface area contributed by atoms with Gasteiger partial charge in [-0.1, -0.05) is 18.2 Å². The Morgan fingerprint density at radius 1 is 1.38 bits per heavy atom. The predicted molar refractivity (Wildman–Crippen MR) is 84.2 cm³/mol. The molecular formula is C16H25N3O2. The van der Waals surface area contributed by atoms with Crippen molar-refractivity contribution in [2.75, 3.05) is 38.8 Å². The molecule has 1 unspecified atom stereocenters. The van der Waals surface area contributed by atoms with Gasteiger partial charge in [-0.15, -0.1) is 0 Å². The molecule has 21 heavy (non-hydrogen) atoms. The van der Waals surface area contributed by atoms with Crippen LogP contribution < -0.4 is 10.6 Å². The fourth-order valence-electron chi connectivity index (χ4n) is 2.78. The fourth-order valence-corrected chi connectivity index (χ4v) is 2.78. The molecule has 1 aliphatic rings. The third-order valence-corrected chi connectivity index (χ3v) is 3.89. The monoisotopic (exact) mass is 291 g/mol. The maximum atomic E-state index is 12.2. The summed E-state index contributed by atoms with van der Waals surface area (Å²) < 4.78 is 4.95. The molecular weight excluding hydrogens is 266 g/mol. The van der Waals surface area contributed by atoms with Crippen molar-refractivity contribution in [1.82, 2.24) is 4.90 Å². The van der Waals surface area contributed by atoms with E-state index in [0.717, 1.165) is 13.1 Å². The van der Waals surface area contributed by atoms with Crippen molar-refractivity contribution < 1.29 is 9.53 Å². The smallest absolute Gasteiger partial charge is 0.241 e. The summed E-state index contributed by atoms with van der Waals surface area (Å²) in [4.78, 5) is 16.2. The van der Waals surface area contributed by atoms with E-state index in [1.54, 1.807) is 19.1 Å².